The standard InChI is InChI=1S/C19H19Br2N3O3/c1-12-23(7-8-27-17(25)11-22)19(26)15-9-13(20)10-16(21)18(15)24(12)14-5-3-2-4-6-14/h2-6,9-10,12H,7-8,11,22H2,1H3. The van der Waals surface area contributed by atoms with Crippen molar-refractivity contribution in [3.05, 3.63) is 57.0 Å². The van der Waals surface area contributed by atoms with Gasteiger partial charge in [-0.1, -0.05) is 34.1 Å². The number of anilines is 2. The van der Waals surface area contributed by atoms with Crippen LogP contribution in [-0.4, -0.2) is 42.6 Å². The number of benzene rings is 2. The molecule has 1 aliphatic heterocycles. The van der Waals surface area contributed by atoms with E-state index < -0.39 is 5.97 Å². The lowest BCUT2D eigenvalue weighted by molar-refractivity contribution is -0.142. The molecule has 0 saturated carbocycles. The summed E-state index contributed by atoms with van der Waals surface area (Å²) in [6.07, 6.45) is -0.263. The molecule has 1 heterocycles. The smallest absolute Gasteiger partial charge is 0.319 e. The van der Waals surface area contributed by atoms with Crippen LogP contribution in [0.25, 0.3) is 0 Å². The Balaban J connectivity index is 2.01. The van der Waals surface area contributed by atoms with Gasteiger partial charge in [-0.15, -0.1) is 0 Å². The van der Waals surface area contributed by atoms with Crippen LogP contribution in [0.2, 0.25) is 0 Å². The fourth-order valence-electron chi connectivity index (χ4n) is 3.16. The maximum absolute atomic E-state index is 13.1. The normalized spacial score (nSPS) is 16.3. The van der Waals surface area contributed by atoms with Crippen molar-refractivity contribution in [3.8, 4) is 0 Å². The summed E-state index contributed by atoms with van der Waals surface area (Å²) in [6.45, 7) is 2.15. The number of para-hydroxylation sites is 1. The van der Waals surface area contributed by atoms with Crippen LogP contribution in [0.4, 0.5) is 11.4 Å². The molecule has 0 spiro atoms. The molecule has 142 valence electrons. The zero-order chi connectivity index (χ0) is 19.6. The van der Waals surface area contributed by atoms with Crippen LogP contribution in [0.5, 0.6) is 0 Å². The van der Waals surface area contributed by atoms with Gasteiger partial charge in [0.2, 0.25) is 0 Å². The molecular formula is C19H19Br2N3O3. The highest BCUT2D eigenvalue weighted by atomic mass is 79.9. The third-order valence-corrected chi connectivity index (χ3v) is 5.44. The van der Waals surface area contributed by atoms with Crippen LogP contribution in [0.1, 0.15) is 17.3 Å². The van der Waals surface area contributed by atoms with E-state index in [0.717, 1.165) is 20.3 Å². The average molecular weight is 497 g/mol. The lowest BCUT2D eigenvalue weighted by Gasteiger charge is -2.44. The van der Waals surface area contributed by atoms with E-state index in [9.17, 15) is 9.59 Å². The molecule has 0 aliphatic carbocycles. The molecule has 1 unspecified atom stereocenters. The Morgan fingerprint density at radius 2 is 1.93 bits per heavy atom. The Morgan fingerprint density at radius 1 is 1.22 bits per heavy atom. The molecule has 1 amide bonds. The van der Waals surface area contributed by atoms with Crippen molar-refractivity contribution in [2.75, 3.05) is 24.6 Å². The minimum absolute atomic E-state index is 0.0965. The number of carbonyl (C=O) groups is 2. The van der Waals surface area contributed by atoms with Crippen LogP contribution < -0.4 is 10.6 Å². The van der Waals surface area contributed by atoms with E-state index in [1.54, 1.807) is 4.90 Å². The minimum atomic E-state index is -0.488. The Bertz CT molecular complexity index is 861. The predicted octanol–water partition coefficient (Wildman–Crippen LogP) is 3.65. The maximum atomic E-state index is 13.1. The van der Waals surface area contributed by atoms with E-state index in [4.69, 9.17) is 10.5 Å². The van der Waals surface area contributed by atoms with Gasteiger partial charge in [-0.25, -0.2) is 0 Å². The van der Waals surface area contributed by atoms with Gasteiger partial charge in [0.05, 0.1) is 24.3 Å². The summed E-state index contributed by atoms with van der Waals surface area (Å²) in [5.74, 6) is -0.603. The lowest BCUT2D eigenvalue weighted by atomic mass is 10.0. The Kier molecular flexibility index (Phi) is 6.18. The van der Waals surface area contributed by atoms with Crippen molar-refractivity contribution in [3.63, 3.8) is 0 Å². The fraction of sp³-hybridized carbons (Fsp3) is 0.263. The molecule has 2 aromatic rings. The van der Waals surface area contributed by atoms with Crippen molar-refractivity contribution >= 4 is 55.1 Å². The molecule has 2 N–H and O–H groups in total. The number of amides is 1. The fourth-order valence-corrected chi connectivity index (χ4v) is 4.58. The largest absolute Gasteiger partial charge is 0.463 e. The number of esters is 1. The monoisotopic (exact) mass is 495 g/mol. The molecule has 6 nitrogen and oxygen atoms in total. The number of hydrogen-bond acceptors (Lipinski definition) is 5. The van der Waals surface area contributed by atoms with E-state index in [-0.39, 0.29) is 31.8 Å². The summed E-state index contributed by atoms with van der Waals surface area (Å²) in [4.78, 5) is 28.3. The van der Waals surface area contributed by atoms with Gasteiger partial charge in [0, 0.05) is 14.6 Å². The SMILES string of the molecule is CC1N(CCOC(=O)CN)C(=O)c2cc(Br)cc(Br)c2N1c1ccccc1. The molecule has 1 atom stereocenters. The van der Waals surface area contributed by atoms with Crippen molar-refractivity contribution in [1.82, 2.24) is 4.90 Å². The number of nitrogens with two attached hydrogens (primary N) is 1. The van der Waals surface area contributed by atoms with Crippen LogP contribution in [0.3, 0.4) is 0 Å². The first-order valence-corrected chi connectivity index (χ1v) is 10.0. The van der Waals surface area contributed by atoms with Crippen molar-refractivity contribution in [2.45, 2.75) is 13.1 Å². The van der Waals surface area contributed by atoms with E-state index in [1.165, 1.54) is 0 Å². The summed E-state index contributed by atoms with van der Waals surface area (Å²) >= 11 is 7.06. The van der Waals surface area contributed by atoms with Crippen LogP contribution in [0, 0.1) is 0 Å². The zero-order valence-corrected chi connectivity index (χ0v) is 17.9. The van der Waals surface area contributed by atoms with E-state index in [0.29, 0.717) is 5.56 Å². The topological polar surface area (TPSA) is 75.9 Å². The molecule has 3 rings (SSSR count). The first-order chi connectivity index (χ1) is 12.9. The molecule has 0 bridgehead atoms. The highest BCUT2D eigenvalue weighted by molar-refractivity contribution is 9.11. The van der Waals surface area contributed by atoms with Crippen molar-refractivity contribution < 1.29 is 14.3 Å². The van der Waals surface area contributed by atoms with Gasteiger partial charge in [0.15, 0.2) is 0 Å². The molecule has 0 fully saturated rings. The van der Waals surface area contributed by atoms with Gasteiger partial charge < -0.3 is 20.3 Å². The first-order valence-electron chi connectivity index (χ1n) is 8.44. The van der Waals surface area contributed by atoms with E-state index in [2.05, 4.69) is 36.8 Å². The Labute approximate surface area is 174 Å². The summed E-state index contributed by atoms with van der Waals surface area (Å²) in [7, 11) is 0. The molecule has 8 heteroatoms. The van der Waals surface area contributed by atoms with Crippen LogP contribution in [0.15, 0.2) is 51.4 Å². The number of fused-ring (bicyclic) bond motifs is 1. The summed E-state index contributed by atoms with van der Waals surface area (Å²) < 4.78 is 6.70. The van der Waals surface area contributed by atoms with Crippen LogP contribution >= 0.6 is 31.9 Å². The number of halogens is 2. The molecule has 0 radical (unpaired) electrons. The quantitative estimate of drug-likeness (QED) is 0.639. The van der Waals surface area contributed by atoms with E-state index >= 15 is 0 Å². The molecule has 2 aromatic carbocycles. The Morgan fingerprint density at radius 3 is 2.59 bits per heavy atom. The molecule has 1 aliphatic rings. The first kappa shape index (κ1) is 19.9. The van der Waals surface area contributed by atoms with Crippen molar-refractivity contribution in [2.24, 2.45) is 5.73 Å². The van der Waals surface area contributed by atoms with Gasteiger partial charge in [-0.05, 0) is 47.1 Å². The molecule has 0 saturated heterocycles. The van der Waals surface area contributed by atoms with Gasteiger partial charge in [-0.3, -0.25) is 9.59 Å². The number of hydrogen-bond donors (Lipinski definition) is 1. The Hall–Kier alpha value is -1.90. The highest BCUT2D eigenvalue weighted by Crippen LogP contribution is 2.43. The maximum Gasteiger partial charge on any atom is 0.319 e. The third kappa shape index (κ3) is 4.02. The molecular weight excluding hydrogens is 478 g/mol. The minimum Gasteiger partial charge on any atom is -0.463 e. The van der Waals surface area contributed by atoms with Gasteiger partial charge >= 0.3 is 5.97 Å². The third-order valence-electron chi connectivity index (χ3n) is 4.38. The molecule has 0 aromatic heterocycles. The number of nitrogens with zero attached hydrogens (tertiary/aromatic N) is 2. The number of carbonyl (C=O) groups excluding carboxylic acids is 2. The zero-order valence-electron chi connectivity index (χ0n) is 14.7. The van der Waals surface area contributed by atoms with Crippen LogP contribution in [-0.2, 0) is 9.53 Å². The molecule has 27 heavy (non-hydrogen) atoms. The summed E-state index contributed by atoms with van der Waals surface area (Å²) in [6, 6.07) is 13.6. The number of ether oxygens (including phenoxy) is 1. The second kappa shape index (κ2) is 8.41. The van der Waals surface area contributed by atoms with Gasteiger partial charge in [0.25, 0.3) is 5.91 Å². The predicted molar refractivity (Wildman–Crippen MR) is 111 cm³/mol. The second-order valence-corrected chi connectivity index (χ2v) is 7.81. The lowest BCUT2D eigenvalue weighted by Crippen LogP contribution is -2.53. The van der Waals surface area contributed by atoms with Gasteiger partial charge in [-0.2, -0.15) is 0 Å². The summed E-state index contributed by atoms with van der Waals surface area (Å²) in [5, 5.41) is 0. The van der Waals surface area contributed by atoms with Gasteiger partial charge in [0.1, 0.15) is 12.8 Å². The second-order valence-electron chi connectivity index (χ2n) is 6.04. The average Bonchev–Trinajstić information content (AvgIpc) is 2.66. The van der Waals surface area contributed by atoms with E-state index in [1.807, 2.05) is 49.4 Å². The van der Waals surface area contributed by atoms with Crippen molar-refractivity contribution in [1.29, 1.82) is 0 Å². The highest BCUT2D eigenvalue weighted by Gasteiger charge is 2.37. The summed E-state index contributed by atoms with van der Waals surface area (Å²) in [5.41, 5.74) is 7.62. The number of rotatable bonds is 5.